The average Bonchev–Trinajstić information content (AvgIpc) is 3.10. The first-order valence-electron chi connectivity index (χ1n) is 13.1. The number of benzene rings is 3. The second-order valence-corrected chi connectivity index (χ2v) is 11.2. The van der Waals surface area contributed by atoms with Gasteiger partial charge in [-0.05, 0) is 86.9 Å². The lowest BCUT2D eigenvalue weighted by atomic mass is 9.78. The van der Waals surface area contributed by atoms with Crippen molar-refractivity contribution < 1.29 is 14.1 Å². The van der Waals surface area contributed by atoms with Crippen molar-refractivity contribution in [2.45, 2.75) is 64.2 Å². The van der Waals surface area contributed by atoms with Gasteiger partial charge in [0.2, 0.25) is 0 Å². The minimum atomic E-state index is -0.413. The van der Waals surface area contributed by atoms with Crippen LogP contribution in [0.3, 0.4) is 0 Å². The molecule has 0 spiro atoms. The monoisotopic (exact) mass is 484 g/mol. The van der Waals surface area contributed by atoms with Gasteiger partial charge in [0.1, 0.15) is 0 Å². The fraction of sp³-hybridized carbons (Fsp3) is 0.433. The summed E-state index contributed by atoms with van der Waals surface area (Å²) in [4.78, 5) is 15.6. The van der Waals surface area contributed by atoms with Gasteiger partial charge >= 0.3 is 7.12 Å². The number of hydrogen-bond acceptors (Lipinski definition) is 4. The zero-order valence-electron chi connectivity index (χ0n) is 22.1. The highest BCUT2D eigenvalue weighted by molar-refractivity contribution is 6.62. The highest BCUT2D eigenvalue weighted by Crippen LogP contribution is 2.37. The van der Waals surface area contributed by atoms with E-state index in [0.29, 0.717) is 5.92 Å². The van der Waals surface area contributed by atoms with Crippen LogP contribution < -0.4 is 10.8 Å². The molecule has 0 atom stereocenters. The van der Waals surface area contributed by atoms with Gasteiger partial charge in [-0.25, -0.2) is 0 Å². The lowest BCUT2D eigenvalue weighted by Gasteiger charge is -2.32. The zero-order chi connectivity index (χ0) is 25.5. The maximum atomic E-state index is 13.6. The summed E-state index contributed by atoms with van der Waals surface area (Å²) in [6.45, 7) is 10.7. The standard InChI is InChI=1S/C30H37BN2O3/c1-29(2)30(3,4)36-31(35-29)25-12-13-26-24(19-25)10-7-11-27(26)28(34)33-16-14-22(15-17-33)23-9-6-8-21(18-23)20-32-5/h6-13,18-19,22,32H,14-17,20H2,1-5H3. The second-order valence-electron chi connectivity index (χ2n) is 11.2. The van der Waals surface area contributed by atoms with Crippen LogP contribution in [0.1, 0.15) is 67.9 Å². The van der Waals surface area contributed by atoms with Crippen molar-refractivity contribution in [3.63, 3.8) is 0 Å². The van der Waals surface area contributed by atoms with Crippen LogP contribution in [-0.2, 0) is 15.9 Å². The molecule has 2 heterocycles. The van der Waals surface area contributed by atoms with Gasteiger partial charge in [-0.2, -0.15) is 0 Å². The first-order valence-corrected chi connectivity index (χ1v) is 13.1. The van der Waals surface area contributed by atoms with E-state index in [4.69, 9.17) is 9.31 Å². The molecule has 2 saturated heterocycles. The number of hydrogen-bond donors (Lipinski definition) is 1. The number of nitrogens with zero attached hydrogens (tertiary/aromatic N) is 1. The minimum Gasteiger partial charge on any atom is -0.399 e. The van der Waals surface area contributed by atoms with Gasteiger partial charge in [0, 0.05) is 25.2 Å². The van der Waals surface area contributed by atoms with Crippen molar-refractivity contribution in [3.05, 3.63) is 77.4 Å². The second kappa shape index (κ2) is 9.66. The Balaban J connectivity index is 1.31. The van der Waals surface area contributed by atoms with Crippen LogP contribution in [0, 0.1) is 0 Å². The number of fused-ring (bicyclic) bond motifs is 1. The Kier molecular flexibility index (Phi) is 6.71. The third-order valence-electron chi connectivity index (χ3n) is 8.25. The minimum absolute atomic E-state index is 0.117. The highest BCUT2D eigenvalue weighted by Gasteiger charge is 2.51. The van der Waals surface area contributed by atoms with Gasteiger partial charge in [-0.1, -0.05) is 54.6 Å². The Morgan fingerprint density at radius 3 is 2.36 bits per heavy atom. The smallest absolute Gasteiger partial charge is 0.399 e. The molecule has 1 amide bonds. The molecule has 0 unspecified atom stereocenters. The fourth-order valence-corrected chi connectivity index (χ4v) is 5.36. The number of rotatable bonds is 5. The quantitative estimate of drug-likeness (QED) is 0.525. The Morgan fingerprint density at radius 1 is 0.972 bits per heavy atom. The van der Waals surface area contributed by atoms with E-state index < -0.39 is 7.12 Å². The molecule has 36 heavy (non-hydrogen) atoms. The predicted molar refractivity (Wildman–Crippen MR) is 147 cm³/mol. The Bertz CT molecular complexity index is 1250. The van der Waals surface area contributed by atoms with Crippen molar-refractivity contribution >= 4 is 29.3 Å². The molecule has 2 aliphatic rings. The third-order valence-corrected chi connectivity index (χ3v) is 8.25. The number of likely N-dealkylation sites (tertiary alicyclic amines) is 1. The van der Waals surface area contributed by atoms with Crippen molar-refractivity contribution in [2.75, 3.05) is 20.1 Å². The first-order chi connectivity index (χ1) is 17.2. The van der Waals surface area contributed by atoms with Crippen LogP contribution in [-0.4, -0.2) is 49.3 Å². The van der Waals surface area contributed by atoms with Gasteiger partial charge in [0.25, 0.3) is 5.91 Å². The van der Waals surface area contributed by atoms with Crippen LogP contribution in [0.2, 0.25) is 0 Å². The van der Waals surface area contributed by atoms with Gasteiger partial charge < -0.3 is 19.5 Å². The van der Waals surface area contributed by atoms with E-state index in [1.807, 2.05) is 36.2 Å². The molecule has 0 aromatic heterocycles. The summed E-state index contributed by atoms with van der Waals surface area (Å²) in [5.74, 6) is 0.618. The third kappa shape index (κ3) is 4.70. The molecule has 0 aliphatic carbocycles. The predicted octanol–water partition coefficient (Wildman–Crippen LogP) is 4.88. The van der Waals surface area contributed by atoms with E-state index in [9.17, 15) is 4.79 Å². The van der Waals surface area contributed by atoms with E-state index in [1.54, 1.807) is 0 Å². The highest BCUT2D eigenvalue weighted by atomic mass is 16.7. The maximum Gasteiger partial charge on any atom is 0.494 e. The summed E-state index contributed by atoms with van der Waals surface area (Å²) in [7, 11) is 1.56. The van der Waals surface area contributed by atoms with E-state index in [1.165, 1.54) is 11.1 Å². The molecule has 0 saturated carbocycles. The van der Waals surface area contributed by atoms with E-state index in [0.717, 1.165) is 54.3 Å². The average molecular weight is 484 g/mol. The molecule has 1 N–H and O–H groups in total. The van der Waals surface area contributed by atoms with Crippen molar-refractivity contribution in [3.8, 4) is 0 Å². The molecule has 3 aromatic carbocycles. The number of nitrogens with one attached hydrogen (secondary N) is 1. The molecule has 188 valence electrons. The summed E-state index contributed by atoms with van der Waals surface area (Å²) in [5, 5.41) is 5.24. The molecule has 5 nitrogen and oxygen atoms in total. The summed E-state index contributed by atoms with van der Waals surface area (Å²) in [6, 6.07) is 21.0. The van der Waals surface area contributed by atoms with E-state index in [-0.39, 0.29) is 17.1 Å². The van der Waals surface area contributed by atoms with Crippen LogP contribution in [0.4, 0.5) is 0 Å². The zero-order valence-corrected chi connectivity index (χ0v) is 22.1. The first kappa shape index (κ1) is 25.0. The Morgan fingerprint density at radius 2 is 1.67 bits per heavy atom. The van der Waals surface area contributed by atoms with Crippen molar-refractivity contribution in [2.24, 2.45) is 0 Å². The summed E-state index contributed by atoms with van der Waals surface area (Å²) >= 11 is 0. The van der Waals surface area contributed by atoms with Crippen molar-refractivity contribution in [1.82, 2.24) is 10.2 Å². The van der Waals surface area contributed by atoms with Crippen LogP contribution in [0.15, 0.2) is 60.7 Å². The lowest BCUT2D eigenvalue weighted by Crippen LogP contribution is -2.41. The number of carbonyl (C=O) groups is 1. The van der Waals surface area contributed by atoms with Crippen LogP contribution in [0.25, 0.3) is 10.8 Å². The maximum absolute atomic E-state index is 13.6. The lowest BCUT2D eigenvalue weighted by molar-refractivity contribution is 0.00578. The molecule has 3 aromatic rings. The summed E-state index contributed by atoms with van der Waals surface area (Å²) in [6.07, 6.45) is 1.98. The molecule has 2 fully saturated rings. The van der Waals surface area contributed by atoms with Gasteiger partial charge in [-0.3, -0.25) is 4.79 Å². The van der Waals surface area contributed by atoms with Gasteiger partial charge in [-0.15, -0.1) is 0 Å². The van der Waals surface area contributed by atoms with Crippen LogP contribution >= 0.6 is 0 Å². The van der Waals surface area contributed by atoms with E-state index in [2.05, 4.69) is 69.4 Å². The normalized spacial score (nSPS) is 19.7. The Labute approximate surface area is 215 Å². The number of carbonyl (C=O) groups excluding carboxylic acids is 1. The van der Waals surface area contributed by atoms with Crippen molar-refractivity contribution in [1.29, 1.82) is 0 Å². The molecule has 0 radical (unpaired) electrons. The van der Waals surface area contributed by atoms with Crippen LogP contribution in [0.5, 0.6) is 0 Å². The van der Waals surface area contributed by atoms with E-state index >= 15 is 0 Å². The number of piperidine rings is 1. The summed E-state index contributed by atoms with van der Waals surface area (Å²) < 4.78 is 12.5. The summed E-state index contributed by atoms with van der Waals surface area (Å²) in [5.41, 5.74) is 3.67. The molecular weight excluding hydrogens is 447 g/mol. The largest absolute Gasteiger partial charge is 0.494 e. The number of amides is 1. The molecule has 6 heteroatoms. The Hall–Kier alpha value is -2.67. The molecule has 2 aliphatic heterocycles. The molecular formula is C30H37BN2O3. The van der Waals surface area contributed by atoms with Gasteiger partial charge in [0.15, 0.2) is 0 Å². The SMILES string of the molecule is CNCc1cccc(C2CCN(C(=O)c3cccc4cc(B5OC(C)(C)C(C)(C)O5)ccc34)CC2)c1. The fourth-order valence-electron chi connectivity index (χ4n) is 5.36. The molecule has 0 bridgehead atoms. The molecule has 5 rings (SSSR count). The topological polar surface area (TPSA) is 50.8 Å². The van der Waals surface area contributed by atoms with Gasteiger partial charge in [0.05, 0.1) is 11.2 Å².